The number of carbonyl (C=O) groups is 1. The highest BCUT2D eigenvalue weighted by Gasteiger charge is 2.26. The van der Waals surface area contributed by atoms with Gasteiger partial charge >= 0.3 is 0 Å². The molecule has 2 aromatic carbocycles. The van der Waals surface area contributed by atoms with Gasteiger partial charge in [-0.2, -0.15) is 0 Å². The van der Waals surface area contributed by atoms with Crippen molar-refractivity contribution in [2.24, 2.45) is 17.4 Å². The maximum atomic E-state index is 12.9. The van der Waals surface area contributed by atoms with E-state index in [4.69, 9.17) is 22.9 Å². The predicted octanol–water partition coefficient (Wildman–Crippen LogP) is 3.99. The Morgan fingerprint density at radius 3 is 2.84 bits per heavy atom. The van der Waals surface area contributed by atoms with Crippen LogP contribution in [0.1, 0.15) is 41.6 Å². The quantitative estimate of drug-likeness (QED) is 0.232. The number of rotatable bonds is 9. The molecular weight excluding hydrogens is 480 g/mol. The first-order valence-electron chi connectivity index (χ1n) is 12.8. The molecule has 4 aromatic rings. The van der Waals surface area contributed by atoms with Crippen LogP contribution in [0.3, 0.4) is 0 Å². The number of terminal acetylenes is 1. The molecule has 5 N–H and O–H groups in total. The predicted molar refractivity (Wildman–Crippen MR) is 151 cm³/mol. The summed E-state index contributed by atoms with van der Waals surface area (Å²) in [5.74, 6) is 2.99. The average Bonchev–Trinajstić information content (AvgIpc) is 3.60. The number of thiazole rings is 1. The van der Waals surface area contributed by atoms with E-state index in [-0.39, 0.29) is 5.91 Å². The van der Waals surface area contributed by atoms with Crippen LogP contribution >= 0.6 is 11.3 Å². The molecule has 0 aliphatic carbocycles. The second-order valence-corrected chi connectivity index (χ2v) is 11.3. The minimum Gasteiger partial charge on any atom is -0.352 e. The van der Waals surface area contributed by atoms with E-state index in [1.807, 2.05) is 18.2 Å². The van der Waals surface area contributed by atoms with E-state index in [9.17, 15) is 4.79 Å². The number of aromatic nitrogens is 2. The number of hydrogen-bond donors (Lipinski definition) is 3. The summed E-state index contributed by atoms with van der Waals surface area (Å²) in [5.41, 5.74) is 16.6. The van der Waals surface area contributed by atoms with E-state index in [1.165, 1.54) is 5.56 Å². The Hall–Kier alpha value is -3.22. The molecule has 5 rings (SSSR count). The van der Waals surface area contributed by atoms with Crippen LogP contribution in [-0.2, 0) is 0 Å². The highest BCUT2D eigenvalue weighted by molar-refractivity contribution is 7.23. The second kappa shape index (κ2) is 10.6. The molecule has 1 saturated heterocycles. The molecule has 1 aliphatic heterocycles. The van der Waals surface area contributed by atoms with Crippen LogP contribution in [0.15, 0.2) is 48.7 Å². The van der Waals surface area contributed by atoms with Gasteiger partial charge in [0.05, 0.1) is 21.6 Å². The number of benzene rings is 2. The molecule has 7 nitrogen and oxygen atoms in total. The number of likely N-dealkylation sites (tertiary alicyclic amines) is 1. The first-order valence-corrected chi connectivity index (χ1v) is 13.6. The van der Waals surface area contributed by atoms with Gasteiger partial charge in [-0.25, -0.2) is 4.98 Å². The van der Waals surface area contributed by atoms with Crippen molar-refractivity contribution in [3.8, 4) is 23.6 Å². The lowest BCUT2D eigenvalue weighted by atomic mass is 10.0. The molecule has 0 spiro atoms. The molecule has 2 aromatic heterocycles. The zero-order valence-corrected chi connectivity index (χ0v) is 22.1. The molecule has 1 unspecified atom stereocenters. The first kappa shape index (κ1) is 25.4. The summed E-state index contributed by atoms with van der Waals surface area (Å²) in [6, 6.07) is 14.3. The smallest absolute Gasteiger partial charge is 0.251 e. The zero-order chi connectivity index (χ0) is 26.0. The Kier molecular flexibility index (Phi) is 7.31. The van der Waals surface area contributed by atoms with Gasteiger partial charge in [-0.15, -0.1) is 12.3 Å². The van der Waals surface area contributed by atoms with Gasteiger partial charge < -0.3 is 21.7 Å². The van der Waals surface area contributed by atoms with Crippen molar-refractivity contribution in [2.75, 3.05) is 26.2 Å². The number of amides is 1. The normalized spacial score (nSPS) is 16.4. The fraction of sp³-hybridized carbons (Fsp3) is 0.379. The Balaban J connectivity index is 1.17. The van der Waals surface area contributed by atoms with E-state index in [0.717, 1.165) is 52.5 Å². The second-order valence-electron chi connectivity index (χ2n) is 10.3. The van der Waals surface area contributed by atoms with E-state index in [2.05, 4.69) is 57.9 Å². The van der Waals surface area contributed by atoms with E-state index in [0.29, 0.717) is 37.3 Å². The van der Waals surface area contributed by atoms with Crippen molar-refractivity contribution in [3.05, 3.63) is 59.8 Å². The Morgan fingerprint density at radius 1 is 1.24 bits per heavy atom. The number of nitrogens with two attached hydrogens (primary N) is 2. The third-order valence-corrected chi connectivity index (χ3v) is 8.27. The van der Waals surface area contributed by atoms with Crippen LogP contribution in [0.5, 0.6) is 0 Å². The molecule has 0 saturated carbocycles. The van der Waals surface area contributed by atoms with Crippen molar-refractivity contribution < 1.29 is 4.79 Å². The van der Waals surface area contributed by atoms with Gasteiger partial charge in [0.25, 0.3) is 5.91 Å². The van der Waals surface area contributed by atoms with Gasteiger partial charge in [0, 0.05) is 43.4 Å². The van der Waals surface area contributed by atoms with Gasteiger partial charge in [-0.1, -0.05) is 41.2 Å². The molecule has 1 aliphatic rings. The maximum Gasteiger partial charge on any atom is 0.251 e. The number of fused-ring (bicyclic) bond motifs is 3. The third kappa shape index (κ3) is 5.86. The molecule has 8 heteroatoms. The Labute approximate surface area is 221 Å². The summed E-state index contributed by atoms with van der Waals surface area (Å²) >= 11 is 1.60. The fourth-order valence-corrected chi connectivity index (χ4v) is 5.97. The van der Waals surface area contributed by atoms with Crippen LogP contribution < -0.4 is 16.8 Å². The molecule has 0 bridgehead atoms. The summed E-state index contributed by atoms with van der Waals surface area (Å²) in [5, 5.41) is 3.13. The highest BCUT2D eigenvalue weighted by atomic mass is 32.1. The standard InChI is InChI=1S/C29H34N6OS/c1-3-4-12-29(30,31)13-15-34-14-11-21(18-34)17-32-27(36)23-9-10-25-26(16-23)37-28-33-24(19-35(25)28)22-7-5-20(2)6-8-22/h1,5-10,16,19,21H,4,11-15,17-18,30-31H2,2H3,(H,32,36). The first-order chi connectivity index (χ1) is 17.8. The largest absolute Gasteiger partial charge is 0.352 e. The number of carbonyl (C=O) groups excluding carboxylic acids is 1. The average molecular weight is 515 g/mol. The summed E-state index contributed by atoms with van der Waals surface area (Å²) in [7, 11) is 0. The summed E-state index contributed by atoms with van der Waals surface area (Å²) in [6.07, 6.45) is 10.4. The highest BCUT2D eigenvalue weighted by Crippen LogP contribution is 2.30. The Morgan fingerprint density at radius 2 is 2.05 bits per heavy atom. The lowest BCUT2D eigenvalue weighted by Gasteiger charge is -2.26. The van der Waals surface area contributed by atoms with Crippen LogP contribution in [-0.4, -0.2) is 52.0 Å². The summed E-state index contributed by atoms with van der Waals surface area (Å²) in [6.45, 7) is 5.53. The van der Waals surface area contributed by atoms with Crippen molar-refractivity contribution in [2.45, 2.75) is 38.3 Å². The van der Waals surface area contributed by atoms with Gasteiger partial charge in [0.15, 0.2) is 4.96 Å². The number of aryl methyl sites for hydroxylation is 1. The van der Waals surface area contributed by atoms with Crippen LogP contribution in [0.4, 0.5) is 0 Å². The number of imidazole rings is 1. The molecule has 1 amide bonds. The minimum absolute atomic E-state index is 0.0380. The van der Waals surface area contributed by atoms with Crippen LogP contribution in [0.25, 0.3) is 26.4 Å². The van der Waals surface area contributed by atoms with Crippen molar-refractivity contribution >= 4 is 32.4 Å². The third-order valence-electron chi connectivity index (χ3n) is 7.25. The molecule has 3 heterocycles. The number of hydrogen-bond acceptors (Lipinski definition) is 6. The van der Waals surface area contributed by atoms with Gasteiger partial charge in [-0.3, -0.25) is 9.20 Å². The SMILES string of the molecule is C#CCCC(N)(N)CCN1CCC(CNC(=O)c2ccc3c(c2)sc2nc(-c4ccc(C)cc4)cn23)C1. The topological polar surface area (TPSA) is 102 Å². The Bertz CT molecular complexity index is 1450. The molecular formula is C29H34N6OS. The van der Waals surface area contributed by atoms with Gasteiger partial charge in [0.1, 0.15) is 0 Å². The van der Waals surface area contributed by atoms with Crippen LogP contribution in [0.2, 0.25) is 0 Å². The van der Waals surface area contributed by atoms with Crippen molar-refractivity contribution in [1.82, 2.24) is 19.6 Å². The number of nitrogens with zero attached hydrogens (tertiary/aromatic N) is 3. The van der Waals surface area contributed by atoms with Gasteiger partial charge in [0.2, 0.25) is 0 Å². The maximum absolute atomic E-state index is 12.9. The van der Waals surface area contributed by atoms with E-state index < -0.39 is 5.66 Å². The molecule has 0 radical (unpaired) electrons. The minimum atomic E-state index is -0.719. The lowest BCUT2D eigenvalue weighted by Crippen LogP contribution is -2.51. The molecule has 37 heavy (non-hydrogen) atoms. The fourth-order valence-electron chi connectivity index (χ4n) is 4.92. The van der Waals surface area contributed by atoms with E-state index >= 15 is 0 Å². The molecule has 1 fully saturated rings. The zero-order valence-electron chi connectivity index (χ0n) is 21.2. The molecule has 1 atom stereocenters. The lowest BCUT2D eigenvalue weighted by molar-refractivity contribution is 0.0947. The van der Waals surface area contributed by atoms with Crippen LogP contribution in [0, 0.1) is 25.2 Å². The van der Waals surface area contributed by atoms with Crippen molar-refractivity contribution in [3.63, 3.8) is 0 Å². The molecule has 192 valence electrons. The van der Waals surface area contributed by atoms with E-state index in [1.54, 1.807) is 11.3 Å². The summed E-state index contributed by atoms with van der Waals surface area (Å²) in [4.78, 5) is 21.0. The monoisotopic (exact) mass is 514 g/mol. The van der Waals surface area contributed by atoms with Gasteiger partial charge in [-0.05, 0) is 56.8 Å². The van der Waals surface area contributed by atoms with Crippen molar-refractivity contribution in [1.29, 1.82) is 0 Å². The summed E-state index contributed by atoms with van der Waals surface area (Å²) < 4.78 is 3.16. The number of nitrogens with one attached hydrogen (secondary N) is 1.